The lowest BCUT2D eigenvalue weighted by molar-refractivity contribution is -0.117. The fraction of sp³-hybridized carbons (Fsp3) is 0.333. The van der Waals surface area contributed by atoms with Gasteiger partial charge in [-0.15, -0.1) is 0 Å². The number of amides is 2. The summed E-state index contributed by atoms with van der Waals surface area (Å²) in [6.45, 7) is 3.98. The van der Waals surface area contributed by atoms with Crippen molar-refractivity contribution in [2.75, 3.05) is 12.4 Å². The van der Waals surface area contributed by atoms with E-state index in [0.29, 0.717) is 27.2 Å². The standard InChI is InChI=1S/C21H22Cl2N2O2/c1-12-10-18(12)20(26)24-16-7-4-14(5-8-16)21(27)25(3)13(2)17-9-6-15(22)11-19(17)23/h4-9,11-13,18H,10H2,1-3H3,(H,24,26). The first-order chi connectivity index (χ1) is 12.8. The Bertz CT molecular complexity index is 867. The monoisotopic (exact) mass is 404 g/mol. The van der Waals surface area contributed by atoms with Crippen molar-refractivity contribution in [3.63, 3.8) is 0 Å². The first kappa shape index (κ1) is 19.7. The fourth-order valence-electron chi connectivity index (χ4n) is 3.05. The molecule has 2 aromatic carbocycles. The largest absolute Gasteiger partial charge is 0.335 e. The van der Waals surface area contributed by atoms with Crippen LogP contribution in [0.25, 0.3) is 0 Å². The molecule has 1 fully saturated rings. The molecule has 2 aromatic rings. The highest BCUT2D eigenvalue weighted by molar-refractivity contribution is 6.35. The quantitative estimate of drug-likeness (QED) is 0.722. The van der Waals surface area contributed by atoms with Crippen LogP contribution in [0.3, 0.4) is 0 Å². The van der Waals surface area contributed by atoms with Gasteiger partial charge in [0.1, 0.15) is 0 Å². The Morgan fingerprint density at radius 2 is 1.78 bits per heavy atom. The number of carbonyl (C=O) groups excluding carboxylic acids is 2. The second-order valence-electron chi connectivity index (χ2n) is 7.14. The van der Waals surface area contributed by atoms with Gasteiger partial charge >= 0.3 is 0 Å². The van der Waals surface area contributed by atoms with E-state index < -0.39 is 0 Å². The van der Waals surface area contributed by atoms with E-state index in [4.69, 9.17) is 23.2 Å². The van der Waals surface area contributed by atoms with Gasteiger partial charge in [0.25, 0.3) is 5.91 Å². The molecule has 0 saturated heterocycles. The summed E-state index contributed by atoms with van der Waals surface area (Å²) in [5.74, 6) is 0.495. The number of anilines is 1. The third kappa shape index (κ3) is 4.45. The molecule has 3 rings (SSSR count). The highest BCUT2D eigenvalue weighted by Crippen LogP contribution is 2.38. The molecule has 1 saturated carbocycles. The van der Waals surface area contributed by atoms with E-state index in [-0.39, 0.29) is 23.8 Å². The summed E-state index contributed by atoms with van der Waals surface area (Å²) < 4.78 is 0. The average molecular weight is 405 g/mol. The molecular weight excluding hydrogens is 383 g/mol. The molecular formula is C21H22Cl2N2O2. The van der Waals surface area contributed by atoms with Crippen molar-refractivity contribution in [1.29, 1.82) is 0 Å². The van der Waals surface area contributed by atoms with Gasteiger partial charge in [-0.3, -0.25) is 9.59 Å². The fourth-order valence-corrected chi connectivity index (χ4v) is 3.61. The zero-order chi connectivity index (χ0) is 19.7. The van der Waals surface area contributed by atoms with E-state index >= 15 is 0 Å². The van der Waals surface area contributed by atoms with Crippen LogP contribution in [0.4, 0.5) is 5.69 Å². The van der Waals surface area contributed by atoms with E-state index in [0.717, 1.165) is 12.0 Å². The number of nitrogens with one attached hydrogen (secondary N) is 1. The molecule has 3 atom stereocenters. The molecule has 0 aliphatic heterocycles. The molecule has 27 heavy (non-hydrogen) atoms. The van der Waals surface area contributed by atoms with Gasteiger partial charge in [0.2, 0.25) is 5.91 Å². The van der Waals surface area contributed by atoms with Crippen molar-refractivity contribution in [3.05, 3.63) is 63.6 Å². The summed E-state index contributed by atoms with van der Waals surface area (Å²) in [5.41, 5.74) is 2.08. The molecule has 2 amide bonds. The van der Waals surface area contributed by atoms with E-state index in [2.05, 4.69) is 12.2 Å². The molecule has 1 aliphatic carbocycles. The predicted octanol–water partition coefficient (Wildman–Crippen LogP) is 5.42. The highest BCUT2D eigenvalue weighted by atomic mass is 35.5. The van der Waals surface area contributed by atoms with Crippen LogP contribution in [-0.2, 0) is 4.79 Å². The highest BCUT2D eigenvalue weighted by Gasteiger charge is 2.39. The van der Waals surface area contributed by atoms with Gasteiger partial charge in [0.15, 0.2) is 0 Å². The molecule has 4 nitrogen and oxygen atoms in total. The molecule has 0 radical (unpaired) electrons. The van der Waals surface area contributed by atoms with Crippen LogP contribution in [0.2, 0.25) is 10.0 Å². The van der Waals surface area contributed by atoms with Crippen molar-refractivity contribution >= 4 is 40.7 Å². The second kappa shape index (κ2) is 7.91. The Morgan fingerprint density at radius 1 is 1.15 bits per heavy atom. The SMILES string of the molecule is CC1CC1C(=O)Nc1ccc(C(=O)N(C)C(C)c2ccc(Cl)cc2Cl)cc1. The van der Waals surface area contributed by atoms with Crippen LogP contribution < -0.4 is 5.32 Å². The molecule has 142 valence electrons. The van der Waals surface area contributed by atoms with E-state index in [1.54, 1.807) is 48.3 Å². The maximum Gasteiger partial charge on any atom is 0.254 e. The maximum atomic E-state index is 12.8. The molecule has 0 aromatic heterocycles. The average Bonchev–Trinajstić information content (AvgIpc) is 3.37. The lowest BCUT2D eigenvalue weighted by Crippen LogP contribution is -2.29. The third-order valence-corrected chi connectivity index (χ3v) is 5.72. The van der Waals surface area contributed by atoms with Gasteiger partial charge in [-0.1, -0.05) is 36.2 Å². The molecule has 6 heteroatoms. The molecule has 0 bridgehead atoms. The Labute approximate surface area is 169 Å². The number of rotatable bonds is 5. The van der Waals surface area contributed by atoms with Gasteiger partial charge in [0, 0.05) is 34.3 Å². The van der Waals surface area contributed by atoms with Crippen LogP contribution in [0.15, 0.2) is 42.5 Å². The maximum absolute atomic E-state index is 12.8. The third-order valence-electron chi connectivity index (χ3n) is 5.16. The normalized spacial score (nSPS) is 19.3. The first-order valence-corrected chi connectivity index (χ1v) is 9.66. The van der Waals surface area contributed by atoms with Crippen LogP contribution in [0.5, 0.6) is 0 Å². The van der Waals surface area contributed by atoms with Crippen molar-refractivity contribution in [1.82, 2.24) is 4.90 Å². The molecule has 0 heterocycles. The topological polar surface area (TPSA) is 49.4 Å². The summed E-state index contributed by atoms with van der Waals surface area (Å²) >= 11 is 12.2. The number of hydrogen-bond acceptors (Lipinski definition) is 2. The summed E-state index contributed by atoms with van der Waals surface area (Å²) in [6, 6.07) is 12.0. The summed E-state index contributed by atoms with van der Waals surface area (Å²) in [7, 11) is 1.74. The van der Waals surface area contributed by atoms with Gasteiger partial charge in [0.05, 0.1) is 6.04 Å². The Hall–Kier alpha value is -2.04. The first-order valence-electron chi connectivity index (χ1n) is 8.91. The van der Waals surface area contributed by atoms with Crippen molar-refractivity contribution < 1.29 is 9.59 Å². The van der Waals surface area contributed by atoms with Crippen LogP contribution in [0.1, 0.15) is 42.2 Å². The molecule has 3 unspecified atom stereocenters. The lowest BCUT2D eigenvalue weighted by atomic mass is 10.1. The molecule has 0 spiro atoms. The van der Waals surface area contributed by atoms with Crippen LogP contribution >= 0.6 is 23.2 Å². The second-order valence-corrected chi connectivity index (χ2v) is 7.99. The molecule has 1 aliphatic rings. The molecule has 1 N–H and O–H groups in total. The van der Waals surface area contributed by atoms with Crippen molar-refractivity contribution in [2.45, 2.75) is 26.3 Å². The smallest absolute Gasteiger partial charge is 0.254 e. The van der Waals surface area contributed by atoms with Gasteiger partial charge in [-0.05, 0) is 61.2 Å². The zero-order valence-electron chi connectivity index (χ0n) is 15.5. The minimum absolute atomic E-state index is 0.0460. The van der Waals surface area contributed by atoms with E-state index in [9.17, 15) is 9.59 Å². The van der Waals surface area contributed by atoms with Crippen molar-refractivity contribution in [2.24, 2.45) is 11.8 Å². The Balaban J connectivity index is 1.68. The number of hydrogen-bond donors (Lipinski definition) is 1. The predicted molar refractivity (Wildman–Crippen MR) is 109 cm³/mol. The number of carbonyl (C=O) groups is 2. The number of halogens is 2. The minimum Gasteiger partial charge on any atom is -0.335 e. The minimum atomic E-state index is -0.210. The van der Waals surface area contributed by atoms with Gasteiger partial charge < -0.3 is 10.2 Å². The van der Waals surface area contributed by atoms with E-state index in [1.807, 2.05) is 13.0 Å². The van der Waals surface area contributed by atoms with Crippen LogP contribution in [-0.4, -0.2) is 23.8 Å². The number of benzene rings is 2. The van der Waals surface area contributed by atoms with Gasteiger partial charge in [-0.25, -0.2) is 0 Å². The summed E-state index contributed by atoms with van der Waals surface area (Å²) in [6.07, 6.45) is 0.943. The summed E-state index contributed by atoms with van der Waals surface area (Å²) in [4.78, 5) is 26.4. The lowest BCUT2D eigenvalue weighted by Gasteiger charge is -2.26. The number of nitrogens with zero attached hydrogens (tertiary/aromatic N) is 1. The van der Waals surface area contributed by atoms with Crippen LogP contribution in [0, 0.1) is 11.8 Å². The zero-order valence-corrected chi connectivity index (χ0v) is 17.0. The van der Waals surface area contributed by atoms with E-state index in [1.165, 1.54) is 0 Å². The Morgan fingerprint density at radius 3 is 2.33 bits per heavy atom. The Kier molecular flexibility index (Phi) is 5.78. The van der Waals surface area contributed by atoms with Gasteiger partial charge in [-0.2, -0.15) is 0 Å². The van der Waals surface area contributed by atoms with Crippen molar-refractivity contribution in [3.8, 4) is 0 Å². The summed E-state index contributed by atoms with van der Waals surface area (Å²) in [5, 5.41) is 3.99.